The second kappa shape index (κ2) is 14.0. The van der Waals surface area contributed by atoms with Crippen molar-refractivity contribution >= 4 is 57.2 Å². The maximum absolute atomic E-state index is 6.12. The van der Waals surface area contributed by atoms with Crippen molar-refractivity contribution in [1.82, 2.24) is 9.97 Å². The zero-order valence-electron chi connectivity index (χ0n) is 27.9. The number of para-hydroxylation sites is 1. The number of rotatable bonds is 6. The van der Waals surface area contributed by atoms with Crippen LogP contribution in [0.3, 0.4) is 0 Å². The number of aryl methyl sites for hydroxylation is 1. The van der Waals surface area contributed by atoms with Crippen molar-refractivity contribution in [2.75, 3.05) is 0 Å². The molecule has 3 aromatic carbocycles. The zero-order valence-corrected chi connectivity index (χ0v) is 34.3. The molecule has 8 heteroatoms. The van der Waals surface area contributed by atoms with E-state index in [9.17, 15) is 0 Å². The zero-order chi connectivity index (χ0) is 31.7. The molecule has 234 valence electrons. The Balaban J connectivity index is 0.000000296. The predicted molar refractivity (Wildman–Crippen MR) is 199 cm³/mol. The van der Waals surface area contributed by atoms with Gasteiger partial charge in [-0.15, -0.1) is 53.6 Å². The molecule has 2 radical (unpaired) electrons. The average molecular weight is 836 g/mol. The number of furan rings is 1. The number of fused-ring (bicyclic) bond motifs is 3. The second-order valence-electron chi connectivity index (χ2n) is 13.8. The molecule has 0 spiro atoms. The summed E-state index contributed by atoms with van der Waals surface area (Å²) in [7, 11) is -3.19. The van der Waals surface area contributed by atoms with Crippen LogP contribution in [0.1, 0.15) is 5.56 Å². The van der Waals surface area contributed by atoms with Crippen molar-refractivity contribution in [3.8, 4) is 22.5 Å². The van der Waals surface area contributed by atoms with Gasteiger partial charge in [0, 0.05) is 56.0 Å². The van der Waals surface area contributed by atoms with E-state index in [0.717, 1.165) is 44.5 Å². The summed E-state index contributed by atoms with van der Waals surface area (Å²) in [4.78, 5) is 9.29. The minimum Gasteiger partial charge on any atom is -0.476 e. The Bertz CT molecular complexity index is 1830. The van der Waals surface area contributed by atoms with E-state index in [1.165, 1.54) is 5.56 Å². The summed E-state index contributed by atoms with van der Waals surface area (Å²) in [5, 5.41) is 3.92. The Hall–Kier alpha value is -2.72. The number of hydrogen-bond acceptors (Lipinski definition) is 3. The standard InChI is InChI=1S/C26H35NOSi4.C11H8N.Ir/c1-19-16-23(20-14-15-22-21-12-10-11-13-24(21)28-25(22)17-20)27-18-26(19)32(29(2)3,30(4,5)6)31(7,8)9;1-2-6-10(7-3-1)11-8-4-5-9-12-11;/h10-13,15-18H,1-9H3;1-6,8-9H;/q2*-1;. The molecule has 45 heavy (non-hydrogen) atoms. The fourth-order valence-corrected chi connectivity index (χ4v) is 87.8. The van der Waals surface area contributed by atoms with Gasteiger partial charge in [-0.2, -0.15) is 0 Å². The maximum Gasteiger partial charge on any atom is 0.123 e. The van der Waals surface area contributed by atoms with Gasteiger partial charge < -0.3 is 14.4 Å². The fraction of sp³-hybridized carbons (Fsp3) is 0.243. The third-order valence-corrected chi connectivity index (χ3v) is 72.5. The molecule has 0 saturated carbocycles. The van der Waals surface area contributed by atoms with Crippen LogP contribution in [0.25, 0.3) is 44.5 Å². The molecule has 3 aromatic heterocycles. The first kappa shape index (κ1) is 35.1. The molecule has 3 heterocycles. The molecule has 0 N–H and O–H groups in total. The molecule has 0 fully saturated rings. The summed E-state index contributed by atoms with van der Waals surface area (Å²) in [6.45, 7) is 21.7. The monoisotopic (exact) mass is 836 g/mol. The van der Waals surface area contributed by atoms with Gasteiger partial charge in [-0.1, -0.05) is 106 Å². The van der Waals surface area contributed by atoms with E-state index in [1.54, 1.807) is 11.4 Å². The van der Waals surface area contributed by atoms with Crippen molar-refractivity contribution in [2.24, 2.45) is 0 Å². The van der Waals surface area contributed by atoms with Crippen LogP contribution in [-0.4, -0.2) is 40.1 Å². The van der Waals surface area contributed by atoms with Gasteiger partial charge in [0.05, 0.1) is 12.2 Å². The Morgan fingerprint density at radius 2 is 1.38 bits per heavy atom. The van der Waals surface area contributed by atoms with Crippen molar-refractivity contribution < 1.29 is 24.5 Å². The molecule has 3 nitrogen and oxygen atoms in total. The van der Waals surface area contributed by atoms with Gasteiger partial charge in [-0.05, 0) is 41.0 Å². The molecular formula is C37H43IrN2OSi4-2. The summed E-state index contributed by atoms with van der Waals surface area (Å²) in [6, 6.07) is 35.0. The third-order valence-electron chi connectivity index (χ3n) is 8.75. The minimum absolute atomic E-state index is 0. The summed E-state index contributed by atoms with van der Waals surface area (Å²) in [5.41, 5.74) is 7.30. The molecule has 6 aromatic rings. The van der Waals surface area contributed by atoms with E-state index < -0.39 is 30.1 Å². The van der Waals surface area contributed by atoms with E-state index in [1.807, 2.05) is 54.6 Å². The number of aromatic nitrogens is 2. The summed E-state index contributed by atoms with van der Waals surface area (Å²) < 4.78 is 6.12. The molecule has 0 unspecified atom stereocenters. The van der Waals surface area contributed by atoms with E-state index in [-0.39, 0.29) is 20.1 Å². The molecule has 6 rings (SSSR count). The van der Waals surface area contributed by atoms with Crippen LogP contribution in [0, 0.1) is 19.1 Å². The van der Waals surface area contributed by atoms with Crippen LogP contribution in [0.2, 0.25) is 52.4 Å². The Labute approximate surface area is 286 Å². The topological polar surface area (TPSA) is 38.9 Å². The molecular weight excluding hydrogens is 793 g/mol. The van der Waals surface area contributed by atoms with Gasteiger partial charge in [0.15, 0.2) is 0 Å². The van der Waals surface area contributed by atoms with E-state index in [0.29, 0.717) is 0 Å². The van der Waals surface area contributed by atoms with Gasteiger partial charge in [-0.25, -0.2) is 0 Å². The Kier molecular flexibility index (Phi) is 10.9. The number of pyridine rings is 2. The SMILES string of the molecule is Cc1cc(-c2[c-]cc3c(c2)oc2ccccc23)ncc1[Si]([Si](C)C)([Si](C)(C)C)[Si](C)(C)C.[Ir].[c-]1ccccc1-c1ccccn1. The number of benzene rings is 3. The molecule has 0 aliphatic heterocycles. The first-order chi connectivity index (χ1) is 20.8. The predicted octanol–water partition coefficient (Wildman–Crippen LogP) is 9.62. The van der Waals surface area contributed by atoms with Crippen molar-refractivity contribution in [3.05, 3.63) is 115 Å². The molecule has 0 saturated heterocycles. The van der Waals surface area contributed by atoms with Gasteiger partial charge >= 0.3 is 0 Å². The Morgan fingerprint density at radius 3 is 1.98 bits per heavy atom. The van der Waals surface area contributed by atoms with Gasteiger partial charge in [0.2, 0.25) is 0 Å². The summed E-state index contributed by atoms with van der Waals surface area (Å²) in [6.07, 6.45) is 4.07. The van der Waals surface area contributed by atoms with Crippen molar-refractivity contribution in [3.63, 3.8) is 0 Å². The van der Waals surface area contributed by atoms with Crippen molar-refractivity contribution in [1.29, 1.82) is 0 Å². The molecule has 0 atom stereocenters. The Morgan fingerprint density at radius 1 is 0.689 bits per heavy atom. The molecule has 0 bridgehead atoms. The fourth-order valence-electron chi connectivity index (χ4n) is 7.68. The maximum atomic E-state index is 6.12. The molecule has 0 aliphatic carbocycles. The van der Waals surface area contributed by atoms with Crippen LogP contribution in [0.4, 0.5) is 0 Å². The normalized spacial score (nSPS) is 12.1. The van der Waals surface area contributed by atoms with E-state index in [4.69, 9.17) is 9.40 Å². The third kappa shape index (κ3) is 6.87. The van der Waals surface area contributed by atoms with Crippen LogP contribution >= 0.6 is 0 Å². The van der Waals surface area contributed by atoms with Crippen LogP contribution < -0.4 is 5.19 Å². The van der Waals surface area contributed by atoms with Gasteiger partial charge in [-0.3, -0.25) is 0 Å². The van der Waals surface area contributed by atoms with E-state index in [2.05, 4.69) is 113 Å². The number of hydrogen-bond donors (Lipinski definition) is 0. The van der Waals surface area contributed by atoms with Crippen molar-refractivity contribution in [2.45, 2.75) is 59.3 Å². The van der Waals surface area contributed by atoms with Crippen LogP contribution in [-0.2, 0) is 20.1 Å². The first-order valence-electron chi connectivity index (χ1n) is 15.3. The van der Waals surface area contributed by atoms with Crippen LogP contribution in [0.15, 0.2) is 102 Å². The molecule has 0 amide bonds. The average Bonchev–Trinajstić information content (AvgIpc) is 3.36. The minimum atomic E-state index is -1.60. The smallest absolute Gasteiger partial charge is 0.123 e. The second-order valence-corrected chi connectivity index (χ2v) is 50.1. The van der Waals surface area contributed by atoms with Gasteiger partial charge in [0.1, 0.15) is 5.58 Å². The van der Waals surface area contributed by atoms with E-state index >= 15 is 0 Å². The number of nitrogens with zero attached hydrogens (tertiary/aromatic N) is 2. The largest absolute Gasteiger partial charge is 0.476 e. The summed E-state index contributed by atoms with van der Waals surface area (Å²) >= 11 is 0. The van der Waals surface area contributed by atoms with Crippen LogP contribution in [0.5, 0.6) is 0 Å². The quantitative estimate of drug-likeness (QED) is 0.124. The summed E-state index contributed by atoms with van der Waals surface area (Å²) in [5.74, 6) is 0. The first-order valence-corrected chi connectivity index (χ1v) is 29.8. The van der Waals surface area contributed by atoms with Gasteiger partial charge in [0.25, 0.3) is 0 Å². The molecule has 0 aliphatic rings.